The molecule has 4 rings (SSSR count). The quantitative estimate of drug-likeness (QED) is 0.827. The number of aryl methyl sites for hydroxylation is 1. The van der Waals surface area contributed by atoms with Crippen molar-refractivity contribution >= 4 is 5.91 Å². The molecule has 1 aromatic carbocycles. The van der Waals surface area contributed by atoms with Crippen LogP contribution in [-0.2, 0) is 4.79 Å². The minimum Gasteiger partial charge on any atom is -0.486 e. The van der Waals surface area contributed by atoms with Gasteiger partial charge in [0.2, 0.25) is 5.91 Å². The standard InChI is InChI=1S/C21H31N3O2/c1-16-6-3-4-8-20(16)26-18-14-23(15-18)21(25)19-7-5-11-24(19)17-9-12-22(2)13-10-17/h3-4,6,8,17-19H,5,7,9-15H2,1-2H3/t19-/m1/s1. The molecule has 1 aromatic rings. The van der Waals surface area contributed by atoms with E-state index in [-0.39, 0.29) is 12.1 Å². The molecule has 5 heteroatoms. The Morgan fingerprint density at radius 1 is 1.08 bits per heavy atom. The molecule has 0 bridgehead atoms. The molecule has 3 aliphatic heterocycles. The summed E-state index contributed by atoms with van der Waals surface area (Å²) in [4.78, 5) is 19.9. The van der Waals surface area contributed by atoms with Crippen molar-refractivity contribution < 1.29 is 9.53 Å². The van der Waals surface area contributed by atoms with Gasteiger partial charge in [-0.2, -0.15) is 0 Å². The summed E-state index contributed by atoms with van der Waals surface area (Å²) in [5, 5.41) is 0. The second-order valence-corrected chi connectivity index (χ2v) is 8.18. The first-order valence-corrected chi connectivity index (χ1v) is 10.1. The number of ether oxygens (including phenoxy) is 1. The Bertz CT molecular complexity index is 636. The van der Waals surface area contributed by atoms with E-state index in [0.717, 1.165) is 56.9 Å². The highest BCUT2D eigenvalue weighted by atomic mass is 16.5. The fourth-order valence-corrected chi connectivity index (χ4v) is 4.59. The average molecular weight is 357 g/mol. The molecule has 1 amide bonds. The number of carbonyl (C=O) groups excluding carboxylic acids is 1. The van der Waals surface area contributed by atoms with Crippen LogP contribution >= 0.6 is 0 Å². The van der Waals surface area contributed by atoms with E-state index >= 15 is 0 Å². The van der Waals surface area contributed by atoms with Crippen molar-refractivity contribution in [3.63, 3.8) is 0 Å². The molecule has 1 atom stereocenters. The molecular formula is C21H31N3O2. The van der Waals surface area contributed by atoms with Crippen LogP contribution in [0.3, 0.4) is 0 Å². The van der Waals surface area contributed by atoms with E-state index in [4.69, 9.17) is 4.74 Å². The van der Waals surface area contributed by atoms with Crippen molar-refractivity contribution in [2.45, 2.75) is 50.8 Å². The highest BCUT2D eigenvalue weighted by molar-refractivity contribution is 5.83. The molecule has 5 nitrogen and oxygen atoms in total. The molecule has 0 spiro atoms. The van der Waals surface area contributed by atoms with Crippen molar-refractivity contribution in [1.82, 2.24) is 14.7 Å². The Balaban J connectivity index is 1.30. The number of carbonyl (C=O) groups is 1. The molecule has 3 aliphatic rings. The van der Waals surface area contributed by atoms with Gasteiger partial charge in [-0.3, -0.25) is 9.69 Å². The number of piperidine rings is 1. The third-order valence-corrected chi connectivity index (χ3v) is 6.28. The Morgan fingerprint density at radius 3 is 2.54 bits per heavy atom. The van der Waals surface area contributed by atoms with Gasteiger partial charge in [-0.25, -0.2) is 0 Å². The zero-order chi connectivity index (χ0) is 18.1. The number of nitrogens with zero attached hydrogens (tertiary/aromatic N) is 3. The second-order valence-electron chi connectivity index (χ2n) is 8.18. The Kier molecular flexibility index (Phi) is 5.18. The second kappa shape index (κ2) is 7.57. The fraction of sp³-hybridized carbons (Fsp3) is 0.667. The van der Waals surface area contributed by atoms with Crippen molar-refractivity contribution in [3.8, 4) is 5.75 Å². The molecular weight excluding hydrogens is 326 g/mol. The summed E-state index contributed by atoms with van der Waals surface area (Å²) in [7, 11) is 2.19. The van der Waals surface area contributed by atoms with Gasteiger partial charge in [-0.05, 0) is 70.9 Å². The van der Waals surface area contributed by atoms with Crippen molar-refractivity contribution in [1.29, 1.82) is 0 Å². The molecule has 3 heterocycles. The highest BCUT2D eigenvalue weighted by Gasteiger charge is 2.42. The molecule has 3 fully saturated rings. The first-order valence-electron chi connectivity index (χ1n) is 10.1. The lowest BCUT2D eigenvalue weighted by Crippen LogP contribution is -2.61. The van der Waals surface area contributed by atoms with Crippen molar-refractivity contribution in [3.05, 3.63) is 29.8 Å². The van der Waals surface area contributed by atoms with Gasteiger partial charge in [-0.15, -0.1) is 0 Å². The Labute approximate surface area is 156 Å². The van der Waals surface area contributed by atoms with Gasteiger partial charge in [0, 0.05) is 6.04 Å². The lowest BCUT2D eigenvalue weighted by molar-refractivity contribution is -0.146. The van der Waals surface area contributed by atoms with E-state index in [2.05, 4.69) is 29.8 Å². The minimum atomic E-state index is 0.0998. The van der Waals surface area contributed by atoms with Gasteiger partial charge in [0.05, 0.1) is 19.1 Å². The third kappa shape index (κ3) is 3.60. The molecule has 0 N–H and O–H groups in total. The lowest BCUT2D eigenvalue weighted by Gasteiger charge is -2.43. The molecule has 142 valence electrons. The topological polar surface area (TPSA) is 36.0 Å². The van der Waals surface area contributed by atoms with Gasteiger partial charge in [0.25, 0.3) is 0 Å². The van der Waals surface area contributed by atoms with Crippen LogP contribution in [0.15, 0.2) is 24.3 Å². The fourth-order valence-electron chi connectivity index (χ4n) is 4.59. The predicted molar refractivity (Wildman–Crippen MR) is 102 cm³/mol. The first kappa shape index (κ1) is 17.8. The maximum Gasteiger partial charge on any atom is 0.240 e. The normalized spacial score (nSPS) is 26.1. The van der Waals surface area contributed by atoms with Crippen LogP contribution in [0.2, 0.25) is 0 Å². The number of para-hydroxylation sites is 1. The molecule has 0 radical (unpaired) electrons. The summed E-state index contributed by atoms with van der Waals surface area (Å²) in [5.74, 6) is 1.27. The predicted octanol–water partition coefficient (Wildman–Crippen LogP) is 2.14. The summed E-state index contributed by atoms with van der Waals surface area (Å²) in [5.41, 5.74) is 1.15. The maximum absolute atomic E-state index is 13.0. The summed E-state index contributed by atoms with van der Waals surface area (Å²) in [6.45, 7) is 6.91. The first-order chi connectivity index (χ1) is 12.6. The maximum atomic E-state index is 13.0. The van der Waals surface area contributed by atoms with E-state index in [1.165, 1.54) is 12.8 Å². The summed E-state index contributed by atoms with van der Waals surface area (Å²) in [6, 6.07) is 8.79. The van der Waals surface area contributed by atoms with Gasteiger partial charge < -0.3 is 14.5 Å². The molecule has 0 aliphatic carbocycles. The van der Waals surface area contributed by atoms with Crippen LogP contribution in [0, 0.1) is 6.92 Å². The van der Waals surface area contributed by atoms with Gasteiger partial charge in [-0.1, -0.05) is 18.2 Å². The van der Waals surface area contributed by atoms with Crippen LogP contribution in [0.4, 0.5) is 0 Å². The van der Waals surface area contributed by atoms with E-state index in [1.54, 1.807) is 0 Å². The molecule has 0 aromatic heterocycles. The zero-order valence-corrected chi connectivity index (χ0v) is 16.1. The van der Waals surface area contributed by atoms with Crippen LogP contribution in [0.1, 0.15) is 31.2 Å². The van der Waals surface area contributed by atoms with Crippen molar-refractivity contribution in [2.75, 3.05) is 39.8 Å². The highest BCUT2D eigenvalue weighted by Crippen LogP contribution is 2.29. The van der Waals surface area contributed by atoms with E-state index in [0.29, 0.717) is 11.9 Å². The smallest absolute Gasteiger partial charge is 0.240 e. The zero-order valence-electron chi connectivity index (χ0n) is 16.1. The van der Waals surface area contributed by atoms with Crippen LogP contribution in [-0.4, -0.2) is 78.6 Å². The van der Waals surface area contributed by atoms with E-state index in [9.17, 15) is 4.79 Å². The van der Waals surface area contributed by atoms with Gasteiger partial charge in [0.1, 0.15) is 11.9 Å². The van der Waals surface area contributed by atoms with E-state index < -0.39 is 0 Å². The number of benzene rings is 1. The van der Waals surface area contributed by atoms with Crippen LogP contribution < -0.4 is 4.74 Å². The number of rotatable bonds is 4. The molecule has 0 unspecified atom stereocenters. The van der Waals surface area contributed by atoms with Crippen LogP contribution in [0.5, 0.6) is 5.75 Å². The number of hydrogen-bond acceptors (Lipinski definition) is 4. The Morgan fingerprint density at radius 2 is 1.81 bits per heavy atom. The number of likely N-dealkylation sites (tertiary alicyclic amines) is 3. The SMILES string of the molecule is Cc1ccccc1OC1CN(C(=O)[C@H]2CCCN2C2CCN(C)CC2)C1. The van der Waals surface area contributed by atoms with Crippen LogP contribution in [0.25, 0.3) is 0 Å². The monoisotopic (exact) mass is 357 g/mol. The van der Waals surface area contributed by atoms with Crippen molar-refractivity contribution in [2.24, 2.45) is 0 Å². The summed E-state index contributed by atoms with van der Waals surface area (Å²) >= 11 is 0. The third-order valence-electron chi connectivity index (χ3n) is 6.28. The summed E-state index contributed by atoms with van der Waals surface area (Å²) in [6.07, 6.45) is 4.70. The van der Waals surface area contributed by atoms with Gasteiger partial charge in [0.15, 0.2) is 0 Å². The van der Waals surface area contributed by atoms with Gasteiger partial charge >= 0.3 is 0 Å². The molecule has 3 saturated heterocycles. The summed E-state index contributed by atoms with van der Waals surface area (Å²) < 4.78 is 6.07. The number of hydrogen-bond donors (Lipinski definition) is 0. The number of amides is 1. The lowest BCUT2D eigenvalue weighted by atomic mass is 10.0. The largest absolute Gasteiger partial charge is 0.486 e. The minimum absolute atomic E-state index is 0.0998. The molecule has 0 saturated carbocycles. The Hall–Kier alpha value is -1.59. The van der Waals surface area contributed by atoms with E-state index in [1.807, 2.05) is 23.1 Å². The average Bonchev–Trinajstić information content (AvgIpc) is 3.09. The molecule has 26 heavy (non-hydrogen) atoms.